The summed E-state index contributed by atoms with van der Waals surface area (Å²) in [6.45, 7) is 2.79. The number of nitrogens with two attached hydrogens (primary N) is 1. The highest BCUT2D eigenvalue weighted by Crippen LogP contribution is 2.25. The van der Waals surface area contributed by atoms with Gasteiger partial charge in [-0.2, -0.15) is 0 Å². The van der Waals surface area contributed by atoms with Crippen LogP contribution in [0.4, 0.5) is 10.1 Å². The van der Waals surface area contributed by atoms with E-state index in [0.29, 0.717) is 44.0 Å². The van der Waals surface area contributed by atoms with E-state index in [1.54, 1.807) is 42.7 Å². The molecule has 10 nitrogen and oxygen atoms in total. The zero-order valence-electron chi connectivity index (χ0n) is 20.7. The molecule has 0 radical (unpaired) electrons. The molecule has 38 heavy (non-hydrogen) atoms. The van der Waals surface area contributed by atoms with E-state index in [-0.39, 0.29) is 29.8 Å². The zero-order chi connectivity index (χ0) is 27.1. The van der Waals surface area contributed by atoms with Gasteiger partial charge >= 0.3 is 11.8 Å². The Hall–Kier alpha value is -3.74. The Bertz CT molecular complexity index is 1340. The second kappa shape index (κ2) is 12.2. The van der Waals surface area contributed by atoms with Crippen molar-refractivity contribution in [3.63, 3.8) is 0 Å². The lowest BCUT2D eigenvalue weighted by Gasteiger charge is -2.39. The van der Waals surface area contributed by atoms with Gasteiger partial charge in [0.15, 0.2) is 0 Å². The third kappa shape index (κ3) is 6.97. The Morgan fingerprint density at radius 2 is 1.63 bits per heavy atom. The molecule has 4 rings (SSSR count). The predicted octanol–water partition coefficient (Wildman–Crippen LogP) is 1.40. The molecule has 0 saturated carbocycles. The molecule has 2 aromatic carbocycles. The van der Waals surface area contributed by atoms with E-state index >= 15 is 0 Å². The fourth-order valence-electron chi connectivity index (χ4n) is 4.39. The van der Waals surface area contributed by atoms with Crippen molar-refractivity contribution in [2.75, 3.05) is 44.2 Å². The van der Waals surface area contributed by atoms with E-state index in [1.165, 1.54) is 18.2 Å². The van der Waals surface area contributed by atoms with Gasteiger partial charge in [-0.1, -0.05) is 24.3 Å². The molecule has 0 aliphatic carbocycles. The second-order valence-corrected chi connectivity index (χ2v) is 10.5. The van der Waals surface area contributed by atoms with Crippen LogP contribution in [0.5, 0.6) is 0 Å². The first kappa shape index (κ1) is 27.3. The highest BCUT2D eigenvalue weighted by Gasteiger charge is 2.28. The summed E-state index contributed by atoms with van der Waals surface area (Å²) in [5, 5.41) is 10.3. The average molecular weight is 544 g/mol. The van der Waals surface area contributed by atoms with E-state index < -0.39 is 21.8 Å². The molecule has 2 amide bonds. The second-order valence-electron chi connectivity index (χ2n) is 8.91. The van der Waals surface area contributed by atoms with Crippen LogP contribution in [0.3, 0.4) is 0 Å². The number of para-hydroxylation sites is 1. The minimum atomic E-state index is -3.77. The fraction of sp³-hybridized carbons (Fsp3) is 0.308. The third-order valence-corrected chi connectivity index (χ3v) is 7.36. The van der Waals surface area contributed by atoms with Gasteiger partial charge in [0.25, 0.3) is 0 Å². The molecule has 0 unspecified atom stereocenters. The lowest BCUT2D eigenvalue weighted by Crippen LogP contribution is -2.51. The standard InChI is InChI=1S/C26H30FN5O5S/c27-21-4-1-2-5-22(21)31-13-15-32(16-14-31)23(24-6-3-17-37-24)18-30-26(34)25(33)29-12-11-19-7-9-20(10-8-19)38(28,35)36/h1-10,17,23H,11-16,18H2,(H,29,33)(H,30,34)(H2,28,35,36)/t23-/m0/s1. The molecule has 4 N–H and O–H groups in total. The number of amides is 2. The number of halogens is 1. The number of carbonyl (C=O) groups is 2. The number of nitrogens with one attached hydrogen (secondary N) is 2. The van der Waals surface area contributed by atoms with Crippen LogP contribution in [-0.4, -0.2) is 64.4 Å². The van der Waals surface area contributed by atoms with Gasteiger partial charge in [-0.25, -0.2) is 17.9 Å². The molecule has 1 atom stereocenters. The summed E-state index contributed by atoms with van der Waals surface area (Å²) >= 11 is 0. The van der Waals surface area contributed by atoms with Crippen molar-refractivity contribution in [3.05, 3.63) is 84.1 Å². The summed E-state index contributed by atoms with van der Waals surface area (Å²) < 4.78 is 42.5. The fourth-order valence-corrected chi connectivity index (χ4v) is 4.90. The van der Waals surface area contributed by atoms with Crippen LogP contribution in [0.25, 0.3) is 0 Å². The van der Waals surface area contributed by atoms with Crippen LogP contribution in [0, 0.1) is 5.82 Å². The first-order valence-electron chi connectivity index (χ1n) is 12.2. The van der Waals surface area contributed by atoms with Crippen LogP contribution in [0.1, 0.15) is 17.4 Å². The predicted molar refractivity (Wildman–Crippen MR) is 139 cm³/mol. The maximum Gasteiger partial charge on any atom is 0.309 e. The highest BCUT2D eigenvalue weighted by molar-refractivity contribution is 7.89. The molecule has 1 aliphatic heterocycles. The summed E-state index contributed by atoms with van der Waals surface area (Å²) in [6.07, 6.45) is 1.97. The van der Waals surface area contributed by atoms with Gasteiger partial charge in [-0.15, -0.1) is 0 Å². The maximum absolute atomic E-state index is 14.2. The normalized spacial score (nSPS) is 15.2. The molecule has 1 aromatic heterocycles. The smallest absolute Gasteiger partial charge is 0.309 e. The van der Waals surface area contributed by atoms with Crippen molar-refractivity contribution in [2.24, 2.45) is 5.14 Å². The molecule has 1 saturated heterocycles. The van der Waals surface area contributed by atoms with Crippen LogP contribution < -0.4 is 20.7 Å². The number of nitrogens with zero attached hydrogens (tertiary/aromatic N) is 2. The van der Waals surface area contributed by atoms with E-state index in [1.807, 2.05) is 11.0 Å². The molecule has 2 heterocycles. The average Bonchev–Trinajstić information content (AvgIpc) is 3.44. The quantitative estimate of drug-likeness (QED) is 0.347. The largest absolute Gasteiger partial charge is 0.468 e. The number of primary sulfonamides is 1. The SMILES string of the molecule is NS(=O)(=O)c1ccc(CCNC(=O)C(=O)NC[C@@H](c2ccco2)N2CCN(c3ccccc3F)CC2)cc1. The van der Waals surface area contributed by atoms with Crippen molar-refractivity contribution in [1.82, 2.24) is 15.5 Å². The highest BCUT2D eigenvalue weighted by atomic mass is 32.2. The Kier molecular flexibility index (Phi) is 8.77. The topological polar surface area (TPSA) is 138 Å². The Labute approximate surface area is 220 Å². The first-order valence-corrected chi connectivity index (χ1v) is 13.7. The van der Waals surface area contributed by atoms with Gasteiger partial charge < -0.3 is 20.0 Å². The summed E-state index contributed by atoms with van der Waals surface area (Å²) in [7, 11) is -3.77. The Balaban J connectivity index is 1.27. The molecular weight excluding hydrogens is 513 g/mol. The summed E-state index contributed by atoms with van der Waals surface area (Å²) in [5.74, 6) is -1.14. The zero-order valence-corrected chi connectivity index (χ0v) is 21.5. The monoisotopic (exact) mass is 543 g/mol. The number of carbonyl (C=O) groups excluding carboxylic acids is 2. The lowest BCUT2D eigenvalue weighted by molar-refractivity contribution is -0.139. The minimum absolute atomic E-state index is 0.00409. The Morgan fingerprint density at radius 1 is 0.947 bits per heavy atom. The van der Waals surface area contributed by atoms with E-state index in [0.717, 1.165) is 5.56 Å². The molecule has 202 valence electrons. The summed E-state index contributed by atoms with van der Waals surface area (Å²) in [6, 6.07) is 16.0. The minimum Gasteiger partial charge on any atom is -0.468 e. The lowest BCUT2D eigenvalue weighted by atomic mass is 10.1. The number of furan rings is 1. The number of benzene rings is 2. The summed E-state index contributed by atoms with van der Waals surface area (Å²) in [4.78, 5) is 28.9. The van der Waals surface area contributed by atoms with Gasteiger partial charge in [0, 0.05) is 39.3 Å². The number of piperazine rings is 1. The molecule has 0 bridgehead atoms. The van der Waals surface area contributed by atoms with Gasteiger partial charge in [0.05, 0.1) is 22.9 Å². The van der Waals surface area contributed by atoms with E-state index in [2.05, 4.69) is 15.5 Å². The number of sulfonamides is 1. The van der Waals surface area contributed by atoms with Crippen molar-refractivity contribution in [1.29, 1.82) is 0 Å². The molecule has 12 heteroatoms. The van der Waals surface area contributed by atoms with Gasteiger partial charge in [-0.3, -0.25) is 14.5 Å². The van der Waals surface area contributed by atoms with Gasteiger partial charge in [0.1, 0.15) is 11.6 Å². The number of hydrogen-bond donors (Lipinski definition) is 3. The molecule has 1 aliphatic rings. The van der Waals surface area contributed by atoms with Crippen molar-refractivity contribution < 1.29 is 26.8 Å². The van der Waals surface area contributed by atoms with Crippen molar-refractivity contribution in [3.8, 4) is 0 Å². The number of anilines is 1. The molecule has 1 fully saturated rings. The van der Waals surface area contributed by atoms with Crippen molar-refractivity contribution in [2.45, 2.75) is 17.4 Å². The van der Waals surface area contributed by atoms with Gasteiger partial charge in [-0.05, 0) is 48.4 Å². The van der Waals surface area contributed by atoms with E-state index in [9.17, 15) is 22.4 Å². The first-order chi connectivity index (χ1) is 18.2. The molecule has 0 spiro atoms. The van der Waals surface area contributed by atoms with Crippen LogP contribution in [0.15, 0.2) is 76.2 Å². The van der Waals surface area contributed by atoms with Crippen LogP contribution in [-0.2, 0) is 26.0 Å². The van der Waals surface area contributed by atoms with Crippen molar-refractivity contribution >= 4 is 27.5 Å². The van der Waals surface area contributed by atoms with Gasteiger partial charge in [0.2, 0.25) is 10.0 Å². The third-order valence-electron chi connectivity index (χ3n) is 6.43. The summed E-state index contributed by atoms with van der Waals surface area (Å²) in [5.41, 5.74) is 1.34. The van der Waals surface area contributed by atoms with Crippen LogP contribution >= 0.6 is 0 Å². The number of rotatable bonds is 9. The molecule has 3 aromatic rings. The Morgan fingerprint density at radius 3 is 2.26 bits per heavy atom. The maximum atomic E-state index is 14.2. The van der Waals surface area contributed by atoms with Crippen LogP contribution in [0.2, 0.25) is 0 Å². The molecular formula is C26H30FN5O5S. The van der Waals surface area contributed by atoms with E-state index in [4.69, 9.17) is 9.56 Å². The number of hydrogen-bond acceptors (Lipinski definition) is 7.